The minimum Gasteiger partial charge on any atom is -0.492 e. The Kier molecular flexibility index (Phi) is 2.34. The molecule has 5 aliphatic rings. The van der Waals surface area contributed by atoms with Crippen LogP contribution in [0, 0.1) is 5.92 Å². The smallest absolute Gasteiger partial charge is 0.409 e. The monoisotopic (exact) mass is 331 g/mol. The first-order chi connectivity index (χ1) is 11.4. The van der Waals surface area contributed by atoms with Gasteiger partial charge in [-0.2, -0.15) is 0 Å². The standard InChI is InChI=1S/C16H17N3O5/c1-6-11(20)10-9(12(21)13(6)23-3)7-5-24-15(22)17-16(7)14-8(18(14)2)4-19(10)16/h7-8,14H,4-5H2,1-3H3,(H,17,22). The van der Waals surface area contributed by atoms with Gasteiger partial charge in [0.25, 0.3) is 0 Å². The number of piperazine rings is 1. The molecule has 0 aromatic carbocycles. The van der Waals surface area contributed by atoms with Crippen LogP contribution < -0.4 is 5.32 Å². The Labute approximate surface area is 138 Å². The second-order valence-corrected chi connectivity index (χ2v) is 6.97. The quantitative estimate of drug-likeness (QED) is 0.506. The van der Waals surface area contributed by atoms with Crippen LogP contribution in [0.4, 0.5) is 4.79 Å². The normalized spacial score (nSPS) is 42.3. The number of rotatable bonds is 1. The fraction of sp³-hybridized carbons (Fsp3) is 0.562. The van der Waals surface area contributed by atoms with E-state index in [4.69, 9.17) is 9.47 Å². The fourth-order valence-corrected chi connectivity index (χ4v) is 5.06. The highest BCUT2D eigenvalue weighted by atomic mass is 16.6. The van der Waals surface area contributed by atoms with Crippen molar-refractivity contribution in [2.75, 3.05) is 27.3 Å². The van der Waals surface area contributed by atoms with Gasteiger partial charge in [0.1, 0.15) is 12.3 Å². The average Bonchev–Trinajstić information content (AvgIpc) is 2.93. The van der Waals surface area contributed by atoms with Crippen molar-refractivity contribution in [1.82, 2.24) is 15.1 Å². The van der Waals surface area contributed by atoms with Crippen molar-refractivity contribution in [2.24, 2.45) is 5.92 Å². The molecule has 0 radical (unpaired) electrons. The van der Waals surface area contributed by atoms with Gasteiger partial charge in [-0.05, 0) is 14.0 Å². The molecule has 8 nitrogen and oxygen atoms in total. The summed E-state index contributed by atoms with van der Waals surface area (Å²) < 4.78 is 10.4. The van der Waals surface area contributed by atoms with E-state index in [1.54, 1.807) is 6.92 Å². The van der Waals surface area contributed by atoms with E-state index in [9.17, 15) is 14.4 Å². The van der Waals surface area contributed by atoms with Crippen molar-refractivity contribution in [3.8, 4) is 0 Å². The molecule has 8 heteroatoms. The Balaban J connectivity index is 1.70. The lowest BCUT2D eigenvalue weighted by Crippen LogP contribution is -2.67. The van der Waals surface area contributed by atoms with Gasteiger partial charge in [-0.1, -0.05) is 0 Å². The Morgan fingerprint density at radius 2 is 2.04 bits per heavy atom. The predicted molar refractivity (Wildman–Crippen MR) is 79.5 cm³/mol. The number of hydrogen-bond acceptors (Lipinski definition) is 7. The molecule has 3 saturated heterocycles. The number of carbonyl (C=O) groups excluding carboxylic acids is 3. The Morgan fingerprint density at radius 3 is 2.75 bits per heavy atom. The first-order valence-electron chi connectivity index (χ1n) is 7.96. The number of fused-ring (bicyclic) bond motifs is 3. The van der Waals surface area contributed by atoms with Crippen LogP contribution >= 0.6 is 0 Å². The van der Waals surface area contributed by atoms with E-state index in [1.807, 2.05) is 11.9 Å². The number of allylic oxidation sites excluding steroid dienone is 2. The van der Waals surface area contributed by atoms with Crippen LogP contribution in [0.25, 0.3) is 0 Å². The molecule has 0 bridgehead atoms. The number of cyclic esters (lactones) is 1. The summed E-state index contributed by atoms with van der Waals surface area (Å²) in [7, 11) is 3.39. The number of carbonyl (C=O) groups is 3. The minimum absolute atomic E-state index is 0.0767. The molecule has 1 amide bonds. The summed E-state index contributed by atoms with van der Waals surface area (Å²) in [5, 5.41) is 2.94. The Morgan fingerprint density at radius 1 is 1.29 bits per heavy atom. The average molecular weight is 331 g/mol. The number of methoxy groups -OCH3 is 1. The van der Waals surface area contributed by atoms with Gasteiger partial charge in [0.05, 0.1) is 24.8 Å². The van der Waals surface area contributed by atoms with Crippen LogP contribution in [0.3, 0.4) is 0 Å². The number of alkyl carbamates (subject to hydrolysis) is 1. The van der Waals surface area contributed by atoms with E-state index in [1.165, 1.54) is 7.11 Å². The topological polar surface area (TPSA) is 88.0 Å². The third-order valence-electron chi connectivity index (χ3n) is 6.14. The largest absolute Gasteiger partial charge is 0.492 e. The molecule has 0 aromatic rings. The van der Waals surface area contributed by atoms with E-state index in [0.717, 1.165) is 0 Å². The molecule has 1 N–H and O–H groups in total. The van der Waals surface area contributed by atoms with Gasteiger partial charge in [-0.15, -0.1) is 0 Å². The molecule has 0 saturated carbocycles. The number of nitrogens with zero attached hydrogens (tertiary/aromatic N) is 2. The Bertz CT molecular complexity index is 800. The van der Waals surface area contributed by atoms with Gasteiger partial charge < -0.3 is 14.4 Å². The lowest BCUT2D eigenvalue weighted by atomic mass is 9.81. The number of ketones is 2. The fourth-order valence-electron chi connectivity index (χ4n) is 5.06. The molecule has 5 atom stereocenters. The molecule has 0 aromatic heterocycles. The molecule has 24 heavy (non-hydrogen) atoms. The van der Waals surface area contributed by atoms with Gasteiger partial charge in [0.2, 0.25) is 11.6 Å². The van der Waals surface area contributed by atoms with Crippen molar-refractivity contribution in [3.05, 3.63) is 22.6 Å². The molecule has 5 rings (SSSR count). The molecule has 4 aliphatic heterocycles. The minimum atomic E-state index is -0.770. The van der Waals surface area contributed by atoms with Crippen LogP contribution in [0.1, 0.15) is 6.92 Å². The van der Waals surface area contributed by atoms with Crippen molar-refractivity contribution in [2.45, 2.75) is 24.7 Å². The number of nitrogens with one attached hydrogen (secondary N) is 1. The lowest BCUT2D eigenvalue weighted by molar-refractivity contribution is -0.119. The van der Waals surface area contributed by atoms with Crippen LogP contribution in [-0.4, -0.2) is 72.5 Å². The molecule has 5 unspecified atom stereocenters. The summed E-state index contributed by atoms with van der Waals surface area (Å²) in [5.41, 5.74) is 0.376. The first kappa shape index (κ1) is 14.0. The zero-order chi connectivity index (χ0) is 17.0. The van der Waals surface area contributed by atoms with Crippen molar-refractivity contribution < 1.29 is 23.9 Å². The van der Waals surface area contributed by atoms with Crippen molar-refractivity contribution in [3.63, 3.8) is 0 Å². The van der Waals surface area contributed by atoms with Crippen LogP contribution in [0.5, 0.6) is 0 Å². The van der Waals surface area contributed by atoms with Crippen LogP contribution in [-0.2, 0) is 19.1 Å². The number of hydrogen-bond donors (Lipinski definition) is 1. The number of ether oxygens (including phenoxy) is 2. The summed E-state index contributed by atoms with van der Waals surface area (Å²) >= 11 is 0. The summed E-state index contributed by atoms with van der Waals surface area (Å²) in [4.78, 5) is 42.0. The molecule has 1 spiro atoms. The van der Waals surface area contributed by atoms with E-state index < -0.39 is 11.8 Å². The van der Waals surface area contributed by atoms with Crippen molar-refractivity contribution in [1.29, 1.82) is 0 Å². The summed E-state index contributed by atoms with van der Waals surface area (Å²) in [6, 6.07) is 0.351. The van der Waals surface area contributed by atoms with Gasteiger partial charge in [0.15, 0.2) is 5.76 Å². The number of Topliss-reactive ketones (excluding diaryl/α,β-unsaturated/α-hetero) is 2. The SMILES string of the molecule is COC1=C(C)C(=O)C2=C(C1=O)C1COC(=O)NC13C1C(CN23)N1C. The molecule has 1 aliphatic carbocycles. The maximum atomic E-state index is 13.0. The zero-order valence-corrected chi connectivity index (χ0v) is 13.6. The summed E-state index contributed by atoms with van der Waals surface area (Å²) in [6.07, 6.45) is -0.506. The molecule has 4 heterocycles. The third-order valence-corrected chi connectivity index (χ3v) is 6.14. The van der Waals surface area contributed by atoms with Gasteiger partial charge in [0, 0.05) is 23.7 Å². The van der Waals surface area contributed by atoms with Crippen LogP contribution in [0.15, 0.2) is 22.6 Å². The highest BCUT2D eigenvalue weighted by Gasteiger charge is 2.76. The summed E-state index contributed by atoms with van der Waals surface area (Å²) in [5.74, 6) is -0.760. The van der Waals surface area contributed by atoms with Crippen LogP contribution in [0.2, 0.25) is 0 Å². The Hall–Kier alpha value is -2.35. The van der Waals surface area contributed by atoms with Gasteiger partial charge in [-0.25, -0.2) is 4.79 Å². The molecular formula is C16H17N3O5. The van der Waals surface area contributed by atoms with E-state index in [0.29, 0.717) is 23.4 Å². The second kappa shape index (κ2) is 4.00. The zero-order valence-electron chi connectivity index (χ0n) is 13.6. The predicted octanol–water partition coefficient (Wildman–Crippen LogP) is -0.623. The first-order valence-corrected chi connectivity index (χ1v) is 7.96. The second-order valence-electron chi connectivity index (χ2n) is 6.97. The van der Waals surface area contributed by atoms with E-state index in [2.05, 4.69) is 10.2 Å². The number of amides is 1. The van der Waals surface area contributed by atoms with Gasteiger partial charge >= 0.3 is 6.09 Å². The molecule has 3 fully saturated rings. The van der Waals surface area contributed by atoms with Crippen molar-refractivity contribution >= 4 is 17.7 Å². The van der Waals surface area contributed by atoms with Gasteiger partial charge in [-0.3, -0.25) is 19.8 Å². The molecule has 126 valence electrons. The number of likely N-dealkylation sites (N-methyl/N-ethyl adjacent to an activating group) is 1. The van der Waals surface area contributed by atoms with E-state index >= 15 is 0 Å². The lowest BCUT2D eigenvalue weighted by Gasteiger charge is -2.44. The summed E-state index contributed by atoms with van der Waals surface area (Å²) in [6.45, 7) is 2.31. The molecular weight excluding hydrogens is 314 g/mol. The maximum absolute atomic E-state index is 13.0. The maximum Gasteiger partial charge on any atom is 0.409 e. The highest BCUT2D eigenvalue weighted by molar-refractivity contribution is 6.25. The highest BCUT2D eigenvalue weighted by Crippen LogP contribution is 2.58. The third kappa shape index (κ3) is 1.26. The van der Waals surface area contributed by atoms with E-state index in [-0.39, 0.29) is 41.9 Å².